The number of carbonyl (C=O) groups is 1. The molecule has 0 bridgehead atoms. The van der Waals surface area contributed by atoms with E-state index in [1.54, 1.807) is 7.11 Å². The lowest BCUT2D eigenvalue weighted by Gasteiger charge is -2.08. The van der Waals surface area contributed by atoms with E-state index in [0.717, 1.165) is 28.0 Å². The van der Waals surface area contributed by atoms with E-state index >= 15 is 0 Å². The summed E-state index contributed by atoms with van der Waals surface area (Å²) in [6.45, 7) is 0.979. The fourth-order valence-corrected chi connectivity index (χ4v) is 2.42. The molecule has 0 aliphatic rings. The monoisotopic (exact) mass is 377 g/mol. The minimum atomic E-state index is -0.00601. The highest BCUT2D eigenvalue weighted by Crippen LogP contribution is 2.17. The van der Waals surface area contributed by atoms with Crippen LogP contribution in [0.15, 0.2) is 53.0 Å². The van der Waals surface area contributed by atoms with Crippen molar-refractivity contribution in [1.82, 2.24) is 5.32 Å². The van der Waals surface area contributed by atoms with E-state index in [4.69, 9.17) is 9.47 Å². The average molecular weight is 378 g/mol. The van der Waals surface area contributed by atoms with Crippen molar-refractivity contribution in [3.63, 3.8) is 0 Å². The lowest BCUT2D eigenvalue weighted by molar-refractivity contribution is -0.121. The summed E-state index contributed by atoms with van der Waals surface area (Å²) < 4.78 is 11.6. The highest BCUT2D eigenvalue weighted by atomic mass is 79.9. The maximum atomic E-state index is 11.8. The van der Waals surface area contributed by atoms with Crippen molar-refractivity contribution in [3.8, 4) is 11.5 Å². The Kier molecular flexibility index (Phi) is 6.94. The van der Waals surface area contributed by atoms with Crippen molar-refractivity contribution in [2.24, 2.45) is 0 Å². The van der Waals surface area contributed by atoms with Gasteiger partial charge >= 0.3 is 0 Å². The molecule has 0 aromatic heterocycles. The topological polar surface area (TPSA) is 47.6 Å². The van der Waals surface area contributed by atoms with Gasteiger partial charge in [-0.05, 0) is 42.3 Å². The predicted octanol–water partition coefficient (Wildman–Crippen LogP) is 3.59. The normalized spacial score (nSPS) is 10.2. The Hall–Kier alpha value is -2.01. The zero-order chi connectivity index (χ0) is 16.5. The van der Waals surface area contributed by atoms with Gasteiger partial charge < -0.3 is 14.8 Å². The van der Waals surface area contributed by atoms with Crippen LogP contribution in [-0.4, -0.2) is 26.2 Å². The summed E-state index contributed by atoms with van der Waals surface area (Å²) in [4.78, 5) is 11.8. The van der Waals surface area contributed by atoms with Gasteiger partial charge in [0.15, 0.2) is 0 Å². The second-order valence-corrected chi connectivity index (χ2v) is 5.92. The molecule has 0 saturated heterocycles. The Labute approximate surface area is 144 Å². The van der Waals surface area contributed by atoms with E-state index in [2.05, 4.69) is 21.2 Å². The molecule has 0 atom stereocenters. The lowest BCUT2D eigenvalue weighted by atomic mass is 10.1. The third kappa shape index (κ3) is 6.32. The molecule has 4 nitrogen and oxygen atoms in total. The highest BCUT2D eigenvalue weighted by molar-refractivity contribution is 9.10. The molecule has 0 unspecified atom stereocenters. The highest BCUT2D eigenvalue weighted by Gasteiger charge is 2.02. The number of methoxy groups -OCH3 is 1. The molecule has 0 fully saturated rings. The average Bonchev–Trinajstić information content (AvgIpc) is 2.55. The van der Waals surface area contributed by atoms with Crippen LogP contribution in [-0.2, 0) is 11.2 Å². The van der Waals surface area contributed by atoms with E-state index in [1.165, 1.54) is 0 Å². The fraction of sp³-hybridized carbons (Fsp3) is 0.278. The van der Waals surface area contributed by atoms with Gasteiger partial charge in [0, 0.05) is 11.0 Å². The van der Waals surface area contributed by atoms with Crippen LogP contribution in [0.25, 0.3) is 0 Å². The van der Waals surface area contributed by atoms with Crippen molar-refractivity contribution in [3.05, 3.63) is 58.6 Å². The molecule has 1 N–H and O–H groups in total. The van der Waals surface area contributed by atoms with Gasteiger partial charge in [-0.15, -0.1) is 0 Å². The molecule has 0 aliphatic heterocycles. The van der Waals surface area contributed by atoms with Crippen LogP contribution < -0.4 is 14.8 Å². The first-order valence-electron chi connectivity index (χ1n) is 7.45. The summed E-state index contributed by atoms with van der Waals surface area (Å²) >= 11 is 3.38. The number of ether oxygens (including phenoxy) is 2. The molecule has 0 heterocycles. The first kappa shape index (κ1) is 17.3. The van der Waals surface area contributed by atoms with E-state index < -0.39 is 0 Å². The molecule has 0 radical (unpaired) electrons. The quantitative estimate of drug-likeness (QED) is 0.764. The number of nitrogens with one attached hydrogen (secondary N) is 1. The SMILES string of the molecule is COc1ccc(CCNC(=O)CCOc2cccc(Br)c2)cc1. The van der Waals surface area contributed by atoms with E-state index in [0.29, 0.717) is 19.6 Å². The molecular formula is C18H20BrNO3. The van der Waals surface area contributed by atoms with Crippen LogP contribution in [0, 0.1) is 0 Å². The Morgan fingerprint density at radius 2 is 1.91 bits per heavy atom. The third-order valence-electron chi connectivity index (χ3n) is 3.29. The van der Waals surface area contributed by atoms with Crippen molar-refractivity contribution < 1.29 is 14.3 Å². The Bertz CT molecular complexity index is 628. The van der Waals surface area contributed by atoms with Gasteiger partial charge in [-0.25, -0.2) is 0 Å². The predicted molar refractivity (Wildman–Crippen MR) is 94.0 cm³/mol. The number of carbonyl (C=O) groups excluding carboxylic acids is 1. The van der Waals surface area contributed by atoms with Crippen molar-refractivity contribution in [2.45, 2.75) is 12.8 Å². The van der Waals surface area contributed by atoms with Crippen LogP contribution in [0.1, 0.15) is 12.0 Å². The largest absolute Gasteiger partial charge is 0.497 e. The number of amides is 1. The maximum absolute atomic E-state index is 11.8. The minimum Gasteiger partial charge on any atom is -0.497 e. The number of benzene rings is 2. The number of hydrogen-bond acceptors (Lipinski definition) is 3. The van der Waals surface area contributed by atoms with Gasteiger partial charge in [0.1, 0.15) is 11.5 Å². The first-order valence-corrected chi connectivity index (χ1v) is 8.24. The van der Waals surface area contributed by atoms with E-state index in [-0.39, 0.29) is 5.91 Å². The Balaban J connectivity index is 1.63. The molecule has 5 heteroatoms. The summed E-state index contributed by atoms with van der Waals surface area (Å²) in [5.41, 5.74) is 1.16. The van der Waals surface area contributed by atoms with Gasteiger partial charge in [0.2, 0.25) is 5.91 Å². The molecule has 0 aliphatic carbocycles. The first-order chi connectivity index (χ1) is 11.2. The molecule has 23 heavy (non-hydrogen) atoms. The summed E-state index contributed by atoms with van der Waals surface area (Å²) in [7, 11) is 1.64. The number of halogens is 1. The van der Waals surface area contributed by atoms with Gasteiger partial charge in [-0.1, -0.05) is 34.1 Å². The zero-order valence-corrected chi connectivity index (χ0v) is 14.6. The van der Waals surface area contributed by atoms with Crippen molar-refractivity contribution in [1.29, 1.82) is 0 Å². The molecule has 2 aromatic carbocycles. The second-order valence-electron chi connectivity index (χ2n) is 5.00. The number of hydrogen-bond donors (Lipinski definition) is 1. The van der Waals surface area contributed by atoms with Crippen LogP contribution >= 0.6 is 15.9 Å². The lowest BCUT2D eigenvalue weighted by Crippen LogP contribution is -2.27. The van der Waals surface area contributed by atoms with Crippen LogP contribution in [0.5, 0.6) is 11.5 Å². The van der Waals surface area contributed by atoms with Gasteiger partial charge in [0.25, 0.3) is 0 Å². The fourth-order valence-electron chi connectivity index (χ4n) is 2.05. The van der Waals surface area contributed by atoms with Gasteiger partial charge in [0.05, 0.1) is 20.1 Å². The molecule has 0 spiro atoms. The molecular weight excluding hydrogens is 358 g/mol. The van der Waals surface area contributed by atoms with Crippen LogP contribution in [0.2, 0.25) is 0 Å². The number of rotatable bonds is 8. The zero-order valence-electron chi connectivity index (χ0n) is 13.0. The molecule has 1 amide bonds. The molecule has 2 aromatic rings. The standard InChI is InChI=1S/C18H20BrNO3/c1-22-16-7-5-14(6-8-16)9-11-20-18(21)10-12-23-17-4-2-3-15(19)13-17/h2-8,13H,9-12H2,1H3,(H,20,21). The molecule has 0 saturated carbocycles. The van der Waals surface area contributed by atoms with Gasteiger partial charge in [-0.3, -0.25) is 4.79 Å². The van der Waals surface area contributed by atoms with Crippen LogP contribution in [0.3, 0.4) is 0 Å². The summed E-state index contributed by atoms with van der Waals surface area (Å²) in [5.74, 6) is 1.58. The van der Waals surface area contributed by atoms with E-state index in [9.17, 15) is 4.79 Å². The third-order valence-corrected chi connectivity index (χ3v) is 3.78. The van der Waals surface area contributed by atoms with Crippen molar-refractivity contribution in [2.75, 3.05) is 20.3 Å². The van der Waals surface area contributed by atoms with Crippen molar-refractivity contribution >= 4 is 21.8 Å². The molecule has 2 rings (SSSR count). The van der Waals surface area contributed by atoms with Crippen LogP contribution in [0.4, 0.5) is 0 Å². The molecule has 122 valence electrons. The minimum absolute atomic E-state index is 0.00601. The smallest absolute Gasteiger partial charge is 0.223 e. The maximum Gasteiger partial charge on any atom is 0.223 e. The van der Waals surface area contributed by atoms with E-state index in [1.807, 2.05) is 48.5 Å². The summed E-state index contributed by atoms with van der Waals surface area (Å²) in [6, 6.07) is 15.4. The second kappa shape index (κ2) is 9.20. The Morgan fingerprint density at radius 3 is 2.61 bits per heavy atom. The Morgan fingerprint density at radius 1 is 1.13 bits per heavy atom. The van der Waals surface area contributed by atoms with Gasteiger partial charge in [-0.2, -0.15) is 0 Å². The summed E-state index contributed by atoms with van der Waals surface area (Å²) in [6.07, 6.45) is 1.14. The summed E-state index contributed by atoms with van der Waals surface area (Å²) in [5, 5.41) is 2.90.